The summed E-state index contributed by atoms with van der Waals surface area (Å²) in [5.74, 6) is 0.188. The first kappa shape index (κ1) is 17.0. The molecule has 0 aromatic heterocycles. The number of hydrogen-bond acceptors (Lipinski definition) is 1. The first-order valence-corrected chi connectivity index (χ1v) is 8.24. The molecule has 0 aliphatic heterocycles. The molecule has 1 atom stereocenters. The number of hydrogen-bond donors (Lipinski definition) is 0. The van der Waals surface area contributed by atoms with Crippen molar-refractivity contribution in [1.82, 2.24) is 4.90 Å². The van der Waals surface area contributed by atoms with Gasteiger partial charge in [-0.05, 0) is 30.5 Å². The van der Waals surface area contributed by atoms with Crippen molar-refractivity contribution >= 4 is 11.5 Å². The summed E-state index contributed by atoms with van der Waals surface area (Å²) in [6.07, 6.45) is 0.458. The Balaban J connectivity index is 2.30. The van der Waals surface area contributed by atoms with Gasteiger partial charge in [-0.1, -0.05) is 67.2 Å². The van der Waals surface area contributed by atoms with E-state index in [0.717, 1.165) is 29.8 Å². The zero-order valence-corrected chi connectivity index (χ0v) is 14.0. The van der Waals surface area contributed by atoms with Crippen LogP contribution in [-0.4, -0.2) is 23.9 Å². The van der Waals surface area contributed by atoms with Gasteiger partial charge in [-0.3, -0.25) is 4.79 Å². The summed E-state index contributed by atoms with van der Waals surface area (Å²) >= 11 is 0. The number of rotatable bonds is 7. The second-order valence-corrected chi connectivity index (χ2v) is 5.62. The molecule has 0 bridgehead atoms. The van der Waals surface area contributed by atoms with E-state index in [0.29, 0.717) is 6.42 Å². The smallest absolute Gasteiger partial charge is 0.223 e. The lowest BCUT2D eigenvalue weighted by Gasteiger charge is -2.25. The SMILES string of the molecule is C=C(c1ccccc1)C(CC(=O)N(CC)CC)c1ccccc1. The molecule has 1 amide bonds. The molecule has 0 aliphatic rings. The van der Waals surface area contributed by atoms with Gasteiger partial charge in [0, 0.05) is 25.4 Å². The average molecular weight is 307 g/mol. The van der Waals surface area contributed by atoms with Crippen molar-refractivity contribution in [2.75, 3.05) is 13.1 Å². The maximum absolute atomic E-state index is 12.6. The van der Waals surface area contributed by atoms with Crippen molar-refractivity contribution in [3.05, 3.63) is 78.4 Å². The minimum Gasteiger partial charge on any atom is -0.343 e. The van der Waals surface area contributed by atoms with Crippen LogP contribution >= 0.6 is 0 Å². The molecule has 0 N–H and O–H groups in total. The molecule has 0 aliphatic carbocycles. The molecule has 0 fully saturated rings. The van der Waals surface area contributed by atoms with Gasteiger partial charge in [-0.2, -0.15) is 0 Å². The van der Waals surface area contributed by atoms with Gasteiger partial charge in [0.05, 0.1) is 0 Å². The molecule has 0 saturated carbocycles. The third-order valence-corrected chi connectivity index (χ3v) is 4.26. The van der Waals surface area contributed by atoms with Gasteiger partial charge >= 0.3 is 0 Å². The third kappa shape index (κ3) is 4.32. The van der Waals surface area contributed by atoms with Gasteiger partial charge in [0.15, 0.2) is 0 Å². The van der Waals surface area contributed by atoms with Crippen molar-refractivity contribution in [3.8, 4) is 0 Å². The monoisotopic (exact) mass is 307 g/mol. The molecule has 2 heteroatoms. The van der Waals surface area contributed by atoms with E-state index in [1.807, 2.05) is 55.1 Å². The molecule has 0 saturated heterocycles. The highest BCUT2D eigenvalue weighted by Gasteiger charge is 2.22. The fourth-order valence-corrected chi connectivity index (χ4v) is 2.86. The van der Waals surface area contributed by atoms with Gasteiger partial charge < -0.3 is 4.90 Å². The molecule has 23 heavy (non-hydrogen) atoms. The summed E-state index contributed by atoms with van der Waals surface area (Å²) in [5.41, 5.74) is 3.23. The van der Waals surface area contributed by atoms with E-state index in [1.54, 1.807) is 0 Å². The zero-order valence-electron chi connectivity index (χ0n) is 14.0. The largest absolute Gasteiger partial charge is 0.343 e. The minimum atomic E-state index is 0.00620. The first-order valence-electron chi connectivity index (χ1n) is 8.24. The molecule has 0 radical (unpaired) electrons. The van der Waals surface area contributed by atoms with E-state index in [-0.39, 0.29) is 11.8 Å². The molecule has 0 heterocycles. The lowest BCUT2D eigenvalue weighted by Crippen LogP contribution is -2.31. The van der Waals surface area contributed by atoms with Crippen LogP contribution in [0.1, 0.15) is 37.3 Å². The Morgan fingerprint density at radius 3 is 2.00 bits per heavy atom. The van der Waals surface area contributed by atoms with Crippen LogP contribution in [0.5, 0.6) is 0 Å². The van der Waals surface area contributed by atoms with Crippen LogP contribution in [0.4, 0.5) is 0 Å². The maximum Gasteiger partial charge on any atom is 0.223 e. The zero-order chi connectivity index (χ0) is 16.7. The molecular formula is C21H25NO. The van der Waals surface area contributed by atoms with E-state index in [2.05, 4.69) is 30.8 Å². The molecule has 2 rings (SSSR count). The molecule has 0 spiro atoms. The van der Waals surface area contributed by atoms with Crippen molar-refractivity contribution < 1.29 is 4.79 Å². The summed E-state index contributed by atoms with van der Waals surface area (Å²) in [4.78, 5) is 14.5. The summed E-state index contributed by atoms with van der Waals surface area (Å²) in [6, 6.07) is 20.3. The normalized spacial score (nSPS) is 11.7. The van der Waals surface area contributed by atoms with Crippen LogP contribution < -0.4 is 0 Å². The van der Waals surface area contributed by atoms with Crippen molar-refractivity contribution in [2.24, 2.45) is 0 Å². The first-order chi connectivity index (χ1) is 11.2. The Morgan fingerprint density at radius 2 is 1.48 bits per heavy atom. The van der Waals surface area contributed by atoms with Crippen LogP contribution in [0.25, 0.3) is 5.57 Å². The number of carbonyl (C=O) groups is 1. The van der Waals surface area contributed by atoms with Crippen molar-refractivity contribution in [2.45, 2.75) is 26.2 Å². The molecular weight excluding hydrogens is 282 g/mol. The number of nitrogens with zero attached hydrogens (tertiary/aromatic N) is 1. The predicted molar refractivity (Wildman–Crippen MR) is 97.2 cm³/mol. The topological polar surface area (TPSA) is 20.3 Å². The lowest BCUT2D eigenvalue weighted by atomic mass is 9.85. The molecule has 120 valence electrons. The number of amides is 1. The van der Waals surface area contributed by atoms with E-state index in [4.69, 9.17) is 0 Å². The van der Waals surface area contributed by atoms with Crippen LogP contribution in [0, 0.1) is 0 Å². The fourth-order valence-electron chi connectivity index (χ4n) is 2.86. The highest BCUT2D eigenvalue weighted by atomic mass is 16.2. The third-order valence-electron chi connectivity index (χ3n) is 4.26. The van der Waals surface area contributed by atoms with Crippen LogP contribution in [0.3, 0.4) is 0 Å². The maximum atomic E-state index is 12.6. The average Bonchev–Trinajstić information content (AvgIpc) is 2.61. The highest BCUT2D eigenvalue weighted by molar-refractivity contribution is 5.82. The number of benzene rings is 2. The Bertz CT molecular complexity index is 629. The molecule has 1 unspecified atom stereocenters. The quantitative estimate of drug-likeness (QED) is 0.723. The van der Waals surface area contributed by atoms with Crippen molar-refractivity contribution in [1.29, 1.82) is 0 Å². The van der Waals surface area contributed by atoms with Gasteiger partial charge in [0.1, 0.15) is 0 Å². The number of carbonyl (C=O) groups excluding carboxylic acids is 1. The Labute approximate surface area is 139 Å². The van der Waals surface area contributed by atoms with E-state index < -0.39 is 0 Å². The van der Waals surface area contributed by atoms with Crippen LogP contribution in [0.15, 0.2) is 67.2 Å². The Hall–Kier alpha value is -2.35. The van der Waals surface area contributed by atoms with E-state index in [1.165, 1.54) is 0 Å². The van der Waals surface area contributed by atoms with Gasteiger partial charge in [-0.15, -0.1) is 0 Å². The molecule has 2 aromatic rings. The van der Waals surface area contributed by atoms with Gasteiger partial charge in [-0.25, -0.2) is 0 Å². The van der Waals surface area contributed by atoms with E-state index >= 15 is 0 Å². The highest BCUT2D eigenvalue weighted by Crippen LogP contribution is 2.34. The van der Waals surface area contributed by atoms with Crippen LogP contribution in [-0.2, 0) is 4.79 Å². The van der Waals surface area contributed by atoms with Gasteiger partial charge in [0.2, 0.25) is 5.91 Å². The van der Waals surface area contributed by atoms with Crippen LogP contribution in [0.2, 0.25) is 0 Å². The fraction of sp³-hybridized carbons (Fsp3) is 0.286. The van der Waals surface area contributed by atoms with Gasteiger partial charge in [0.25, 0.3) is 0 Å². The second kappa shape index (κ2) is 8.33. The summed E-state index contributed by atoms with van der Waals surface area (Å²) in [7, 11) is 0. The second-order valence-electron chi connectivity index (χ2n) is 5.62. The molecule has 2 nitrogen and oxygen atoms in total. The van der Waals surface area contributed by atoms with E-state index in [9.17, 15) is 4.79 Å². The molecule has 2 aromatic carbocycles. The summed E-state index contributed by atoms with van der Waals surface area (Å²) < 4.78 is 0. The summed E-state index contributed by atoms with van der Waals surface area (Å²) in [5, 5.41) is 0. The summed E-state index contributed by atoms with van der Waals surface area (Å²) in [6.45, 7) is 9.82. The lowest BCUT2D eigenvalue weighted by molar-refractivity contribution is -0.130. The number of allylic oxidation sites excluding steroid dienone is 1. The standard InChI is InChI=1S/C21H25NO/c1-4-22(5-2)21(23)16-20(19-14-10-7-11-15-19)17(3)18-12-8-6-9-13-18/h6-15,20H,3-5,16H2,1-2H3. The Morgan fingerprint density at radius 1 is 0.957 bits per heavy atom. The predicted octanol–water partition coefficient (Wildman–Crippen LogP) is 4.74. The van der Waals surface area contributed by atoms with Crippen molar-refractivity contribution in [3.63, 3.8) is 0 Å². The minimum absolute atomic E-state index is 0.00620. The Kier molecular flexibility index (Phi) is 6.16.